The highest BCUT2D eigenvalue weighted by Crippen LogP contribution is 2.19. The molecule has 30 heavy (non-hydrogen) atoms. The summed E-state index contributed by atoms with van der Waals surface area (Å²) in [6.07, 6.45) is 1.34. The Morgan fingerprint density at radius 1 is 1.23 bits per heavy atom. The zero-order valence-corrected chi connectivity index (χ0v) is 16.6. The smallest absolute Gasteiger partial charge is 0.326 e. The van der Waals surface area contributed by atoms with Gasteiger partial charge in [0.05, 0.1) is 11.9 Å². The fourth-order valence-electron chi connectivity index (χ4n) is 2.46. The number of carbonyl (C=O) groups is 2. The summed E-state index contributed by atoms with van der Waals surface area (Å²) in [5.74, 6) is -0.627. The number of carbonyl (C=O) groups excluding carboxylic acids is 2. The van der Waals surface area contributed by atoms with Crippen molar-refractivity contribution in [3.8, 4) is 11.8 Å². The predicted molar refractivity (Wildman–Crippen MR) is 108 cm³/mol. The Morgan fingerprint density at radius 2 is 2.00 bits per heavy atom. The van der Waals surface area contributed by atoms with Crippen molar-refractivity contribution in [2.24, 2.45) is 0 Å². The number of ether oxygens (including phenoxy) is 1. The minimum atomic E-state index is -0.638. The molecule has 11 heteroatoms. The first kappa shape index (κ1) is 20.8. The highest BCUT2D eigenvalue weighted by molar-refractivity contribution is 6.29. The molecule has 3 rings (SSSR count). The Kier molecular flexibility index (Phi) is 6.56. The van der Waals surface area contributed by atoms with Crippen LogP contribution in [-0.2, 0) is 14.3 Å². The van der Waals surface area contributed by atoms with Gasteiger partial charge < -0.3 is 15.0 Å². The highest BCUT2D eigenvalue weighted by Gasteiger charge is 2.17. The Labute approximate surface area is 176 Å². The van der Waals surface area contributed by atoms with E-state index < -0.39 is 18.5 Å². The Bertz CT molecular complexity index is 1080. The van der Waals surface area contributed by atoms with Gasteiger partial charge in [-0.1, -0.05) is 29.8 Å². The van der Waals surface area contributed by atoms with E-state index in [1.54, 1.807) is 43.4 Å². The van der Waals surface area contributed by atoms with Crippen molar-refractivity contribution < 1.29 is 14.3 Å². The molecule has 2 aromatic heterocycles. The number of esters is 1. The van der Waals surface area contributed by atoms with E-state index >= 15 is 0 Å². The molecule has 10 nitrogen and oxygen atoms in total. The lowest BCUT2D eigenvalue weighted by atomic mass is 10.3. The Morgan fingerprint density at radius 3 is 2.67 bits per heavy atom. The van der Waals surface area contributed by atoms with Crippen LogP contribution in [-0.4, -0.2) is 52.1 Å². The van der Waals surface area contributed by atoms with E-state index in [2.05, 4.69) is 20.6 Å². The number of aromatic nitrogens is 4. The first-order chi connectivity index (χ1) is 14.5. The van der Waals surface area contributed by atoms with Crippen LogP contribution in [0.2, 0.25) is 5.15 Å². The zero-order valence-electron chi connectivity index (χ0n) is 15.8. The third kappa shape index (κ3) is 5.09. The summed E-state index contributed by atoms with van der Waals surface area (Å²) in [6, 6.07) is 14.1. The van der Waals surface area contributed by atoms with Crippen LogP contribution in [0.25, 0.3) is 5.69 Å². The number of nitriles is 1. The molecule has 0 saturated heterocycles. The van der Waals surface area contributed by atoms with Gasteiger partial charge in [0.1, 0.15) is 18.2 Å². The lowest BCUT2D eigenvalue weighted by molar-refractivity contribution is -0.145. The molecule has 1 aromatic carbocycles. The standard InChI is InChI=1S/C19H16ClN7O3/c1-26(16-8-7-15(20)24-25-16)11-18(29)30-12-17(28)23-19-13(9-21)10-22-27(19)14-5-3-2-4-6-14/h2-8,10H,11-12H2,1H3,(H,23,28). The normalized spacial score (nSPS) is 10.2. The van der Waals surface area contributed by atoms with Crippen LogP contribution >= 0.6 is 11.6 Å². The van der Waals surface area contributed by atoms with E-state index in [1.165, 1.54) is 15.8 Å². The maximum Gasteiger partial charge on any atom is 0.326 e. The van der Waals surface area contributed by atoms with E-state index in [1.807, 2.05) is 12.1 Å². The summed E-state index contributed by atoms with van der Waals surface area (Å²) in [6.45, 7) is -0.668. The number of hydrogen-bond acceptors (Lipinski definition) is 8. The van der Waals surface area contributed by atoms with Crippen LogP contribution in [0.4, 0.5) is 11.6 Å². The number of hydrogen-bond donors (Lipinski definition) is 1. The van der Waals surface area contributed by atoms with Gasteiger partial charge in [0.15, 0.2) is 23.4 Å². The van der Waals surface area contributed by atoms with E-state index in [9.17, 15) is 14.9 Å². The number of nitrogens with zero attached hydrogens (tertiary/aromatic N) is 6. The van der Waals surface area contributed by atoms with Crippen LogP contribution in [0, 0.1) is 11.3 Å². The van der Waals surface area contributed by atoms with Gasteiger partial charge in [-0.2, -0.15) is 10.4 Å². The summed E-state index contributed by atoms with van der Waals surface area (Å²) in [4.78, 5) is 25.8. The number of para-hydroxylation sites is 1. The number of anilines is 2. The van der Waals surface area contributed by atoms with E-state index in [0.29, 0.717) is 11.5 Å². The number of amides is 1. The molecule has 0 aliphatic heterocycles. The van der Waals surface area contributed by atoms with Crippen LogP contribution in [0.15, 0.2) is 48.7 Å². The van der Waals surface area contributed by atoms with Crippen LogP contribution in [0.1, 0.15) is 5.56 Å². The summed E-state index contributed by atoms with van der Waals surface area (Å²) >= 11 is 5.68. The topological polar surface area (TPSA) is 126 Å². The molecular weight excluding hydrogens is 410 g/mol. The Balaban J connectivity index is 1.58. The van der Waals surface area contributed by atoms with Crippen LogP contribution in [0.5, 0.6) is 0 Å². The summed E-state index contributed by atoms with van der Waals surface area (Å²) < 4.78 is 6.43. The van der Waals surface area contributed by atoms with Gasteiger partial charge in [-0.15, -0.1) is 10.2 Å². The molecule has 0 atom stereocenters. The summed E-state index contributed by atoms with van der Waals surface area (Å²) in [7, 11) is 1.62. The van der Waals surface area contributed by atoms with Gasteiger partial charge in [-0.25, -0.2) is 4.68 Å². The van der Waals surface area contributed by atoms with Gasteiger partial charge in [0.25, 0.3) is 5.91 Å². The fraction of sp³-hybridized carbons (Fsp3) is 0.158. The Hall–Kier alpha value is -3.97. The molecule has 2 heterocycles. The van der Waals surface area contributed by atoms with Gasteiger partial charge >= 0.3 is 5.97 Å². The molecule has 0 aliphatic rings. The average Bonchev–Trinajstić information content (AvgIpc) is 3.15. The summed E-state index contributed by atoms with van der Waals surface area (Å²) in [5, 5.41) is 23.7. The van der Waals surface area contributed by atoms with E-state index in [0.717, 1.165) is 0 Å². The van der Waals surface area contributed by atoms with Gasteiger partial charge in [0.2, 0.25) is 0 Å². The van der Waals surface area contributed by atoms with Crippen LogP contribution < -0.4 is 10.2 Å². The van der Waals surface area contributed by atoms with Crippen LogP contribution in [0.3, 0.4) is 0 Å². The maximum atomic E-state index is 12.3. The number of nitrogens with one attached hydrogen (secondary N) is 1. The lowest BCUT2D eigenvalue weighted by Gasteiger charge is -2.16. The molecule has 0 fully saturated rings. The lowest BCUT2D eigenvalue weighted by Crippen LogP contribution is -2.30. The van der Waals surface area contributed by atoms with Crippen molar-refractivity contribution in [1.82, 2.24) is 20.0 Å². The minimum Gasteiger partial charge on any atom is -0.454 e. The van der Waals surface area contributed by atoms with Crippen molar-refractivity contribution in [2.75, 3.05) is 30.4 Å². The van der Waals surface area contributed by atoms with Crippen molar-refractivity contribution in [2.45, 2.75) is 0 Å². The summed E-state index contributed by atoms with van der Waals surface area (Å²) in [5.41, 5.74) is 0.844. The zero-order chi connectivity index (χ0) is 21.5. The van der Waals surface area contributed by atoms with E-state index in [-0.39, 0.29) is 23.1 Å². The second-order valence-electron chi connectivity index (χ2n) is 6.05. The molecule has 0 radical (unpaired) electrons. The largest absolute Gasteiger partial charge is 0.454 e. The first-order valence-electron chi connectivity index (χ1n) is 8.67. The van der Waals surface area contributed by atoms with Gasteiger partial charge in [-0.3, -0.25) is 9.59 Å². The molecule has 0 aliphatic carbocycles. The molecule has 0 unspecified atom stereocenters. The minimum absolute atomic E-state index is 0.144. The number of rotatable bonds is 7. The van der Waals surface area contributed by atoms with Crippen molar-refractivity contribution in [1.29, 1.82) is 5.26 Å². The third-order valence-electron chi connectivity index (χ3n) is 3.89. The first-order valence-corrected chi connectivity index (χ1v) is 9.05. The number of halogens is 1. The average molecular weight is 426 g/mol. The fourth-order valence-corrected chi connectivity index (χ4v) is 2.56. The number of likely N-dealkylation sites (N-methyl/N-ethyl adjacent to an activating group) is 1. The van der Waals surface area contributed by atoms with Gasteiger partial charge in [0, 0.05) is 7.05 Å². The maximum absolute atomic E-state index is 12.3. The second kappa shape index (κ2) is 9.49. The van der Waals surface area contributed by atoms with E-state index in [4.69, 9.17) is 16.3 Å². The molecule has 152 valence electrons. The van der Waals surface area contributed by atoms with Crippen molar-refractivity contribution >= 4 is 35.1 Å². The van der Waals surface area contributed by atoms with Crippen molar-refractivity contribution in [3.63, 3.8) is 0 Å². The quantitative estimate of drug-likeness (QED) is 0.568. The molecule has 3 aromatic rings. The van der Waals surface area contributed by atoms with Crippen molar-refractivity contribution in [3.05, 3.63) is 59.4 Å². The molecule has 0 saturated carbocycles. The molecular formula is C19H16ClN7O3. The number of benzene rings is 1. The SMILES string of the molecule is CN(CC(=O)OCC(=O)Nc1c(C#N)cnn1-c1ccccc1)c1ccc(Cl)nn1. The monoisotopic (exact) mass is 425 g/mol. The molecule has 1 amide bonds. The third-order valence-corrected chi connectivity index (χ3v) is 4.09. The molecule has 0 spiro atoms. The molecule has 1 N–H and O–H groups in total. The second-order valence-corrected chi connectivity index (χ2v) is 6.43. The predicted octanol–water partition coefficient (Wildman–Crippen LogP) is 1.81. The van der Waals surface area contributed by atoms with Gasteiger partial charge in [-0.05, 0) is 24.3 Å². The highest BCUT2D eigenvalue weighted by atomic mass is 35.5. The molecule has 0 bridgehead atoms.